The number of hydrogen-bond donors (Lipinski definition) is 1. The van der Waals surface area contributed by atoms with Crippen LogP contribution in [0.15, 0.2) is 54.7 Å². The van der Waals surface area contributed by atoms with E-state index in [1.54, 1.807) is 32.4 Å². The van der Waals surface area contributed by atoms with Gasteiger partial charge in [0, 0.05) is 17.5 Å². The second-order valence-corrected chi connectivity index (χ2v) is 7.49. The summed E-state index contributed by atoms with van der Waals surface area (Å²) in [5.74, 6) is 0.870. The quantitative estimate of drug-likeness (QED) is 0.599. The normalized spacial score (nSPS) is 11.7. The Morgan fingerprint density at radius 3 is 2.46 bits per heavy atom. The molecule has 6 heteroatoms. The van der Waals surface area contributed by atoms with Gasteiger partial charge >= 0.3 is 0 Å². The fourth-order valence-electron chi connectivity index (χ4n) is 2.71. The number of aromatic nitrogens is 1. The van der Waals surface area contributed by atoms with Crippen molar-refractivity contribution >= 4 is 22.4 Å². The summed E-state index contributed by atoms with van der Waals surface area (Å²) in [5.41, 5.74) is 2.55. The zero-order valence-electron chi connectivity index (χ0n) is 16.3. The van der Waals surface area contributed by atoms with Crippen molar-refractivity contribution in [1.29, 1.82) is 0 Å². The van der Waals surface area contributed by atoms with Crippen LogP contribution in [0.4, 0.5) is 5.13 Å². The molecule has 0 radical (unpaired) electrons. The number of para-hydroxylation sites is 2. The highest BCUT2D eigenvalue weighted by Gasteiger charge is 2.18. The number of nitrogens with zero attached hydrogens (tertiary/aromatic N) is 1. The van der Waals surface area contributed by atoms with Crippen LogP contribution in [0.5, 0.6) is 11.5 Å². The molecular formula is C22H24N2O3S. The van der Waals surface area contributed by atoms with Gasteiger partial charge in [-0.1, -0.05) is 43.3 Å². The maximum Gasteiger partial charge on any atom is 0.266 e. The number of nitrogens with one attached hydrogen (secondary N) is 1. The fraction of sp³-hybridized carbons (Fsp3) is 0.273. The molecule has 0 aliphatic rings. The zero-order valence-corrected chi connectivity index (χ0v) is 17.1. The van der Waals surface area contributed by atoms with E-state index in [-0.39, 0.29) is 5.91 Å². The number of carbonyl (C=O) groups is 1. The molecule has 1 amide bonds. The minimum Gasteiger partial charge on any atom is -0.493 e. The SMILES string of the molecule is CCc1ccc(Cc2cnc(NC(=O)C(C)Oc3ccccc3OC)s2)cc1. The number of aryl methyl sites for hydroxylation is 1. The standard InChI is InChI=1S/C22H24N2O3S/c1-4-16-9-11-17(12-10-16)13-18-14-23-22(28-18)24-21(25)15(2)27-20-8-6-5-7-19(20)26-3/h5-12,14-15H,4,13H2,1-3H3,(H,23,24,25). The number of amides is 1. The van der Waals surface area contributed by atoms with Gasteiger partial charge in [0.2, 0.25) is 0 Å². The van der Waals surface area contributed by atoms with Crippen LogP contribution in [0.25, 0.3) is 0 Å². The highest BCUT2D eigenvalue weighted by atomic mass is 32.1. The molecule has 2 aromatic carbocycles. The van der Waals surface area contributed by atoms with Crippen LogP contribution in [0.1, 0.15) is 29.9 Å². The second-order valence-electron chi connectivity index (χ2n) is 6.38. The molecule has 5 nitrogen and oxygen atoms in total. The Morgan fingerprint density at radius 2 is 1.79 bits per heavy atom. The lowest BCUT2D eigenvalue weighted by Gasteiger charge is -2.15. The maximum atomic E-state index is 12.4. The lowest BCUT2D eigenvalue weighted by Crippen LogP contribution is -2.30. The molecule has 28 heavy (non-hydrogen) atoms. The molecule has 3 aromatic rings. The molecule has 1 unspecified atom stereocenters. The van der Waals surface area contributed by atoms with E-state index in [4.69, 9.17) is 9.47 Å². The summed E-state index contributed by atoms with van der Waals surface area (Å²) in [6, 6.07) is 15.8. The van der Waals surface area contributed by atoms with E-state index < -0.39 is 6.10 Å². The second kappa shape index (κ2) is 9.37. The van der Waals surface area contributed by atoms with Gasteiger partial charge in [0.1, 0.15) is 0 Å². The van der Waals surface area contributed by atoms with Gasteiger partial charge in [-0.25, -0.2) is 4.98 Å². The van der Waals surface area contributed by atoms with Gasteiger partial charge in [-0.05, 0) is 36.6 Å². The number of carbonyl (C=O) groups excluding carboxylic acids is 1. The lowest BCUT2D eigenvalue weighted by atomic mass is 10.1. The molecule has 146 valence electrons. The molecule has 3 rings (SSSR count). The number of ether oxygens (including phenoxy) is 2. The third-order valence-electron chi connectivity index (χ3n) is 4.34. The molecule has 0 spiro atoms. The van der Waals surface area contributed by atoms with E-state index in [1.165, 1.54) is 22.5 Å². The van der Waals surface area contributed by atoms with E-state index in [9.17, 15) is 4.79 Å². The van der Waals surface area contributed by atoms with E-state index in [0.29, 0.717) is 16.6 Å². The summed E-state index contributed by atoms with van der Waals surface area (Å²) in [7, 11) is 1.57. The molecule has 1 N–H and O–H groups in total. The van der Waals surface area contributed by atoms with Crippen LogP contribution in [0, 0.1) is 0 Å². The summed E-state index contributed by atoms with van der Waals surface area (Å²) in [5, 5.41) is 3.40. The number of benzene rings is 2. The van der Waals surface area contributed by atoms with Gasteiger partial charge < -0.3 is 9.47 Å². The first-order valence-corrected chi connectivity index (χ1v) is 10.0. The Labute approximate surface area is 169 Å². The van der Waals surface area contributed by atoms with E-state index >= 15 is 0 Å². The smallest absolute Gasteiger partial charge is 0.266 e. The molecule has 0 fully saturated rings. The molecule has 0 aliphatic carbocycles. The lowest BCUT2D eigenvalue weighted by molar-refractivity contribution is -0.122. The Balaban J connectivity index is 1.58. The largest absolute Gasteiger partial charge is 0.493 e. The van der Waals surface area contributed by atoms with Crippen molar-refractivity contribution in [3.05, 3.63) is 70.7 Å². The van der Waals surface area contributed by atoms with Crippen molar-refractivity contribution < 1.29 is 14.3 Å². The van der Waals surface area contributed by atoms with Gasteiger partial charge in [-0.3, -0.25) is 10.1 Å². The Morgan fingerprint density at radius 1 is 1.11 bits per heavy atom. The van der Waals surface area contributed by atoms with Crippen molar-refractivity contribution in [2.24, 2.45) is 0 Å². The Kier molecular flexibility index (Phi) is 6.66. The minimum absolute atomic E-state index is 0.251. The molecule has 1 heterocycles. The first-order chi connectivity index (χ1) is 13.6. The molecule has 0 saturated carbocycles. The summed E-state index contributed by atoms with van der Waals surface area (Å²) in [6.45, 7) is 3.84. The molecule has 0 saturated heterocycles. The minimum atomic E-state index is -0.676. The first kappa shape index (κ1) is 19.9. The summed E-state index contributed by atoms with van der Waals surface area (Å²) in [6.07, 6.45) is 2.96. The van der Waals surface area contributed by atoms with Crippen molar-refractivity contribution in [2.45, 2.75) is 32.8 Å². The van der Waals surface area contributed by atoms with Gasteiger partial charge in [0.15, 0.2) is 22.7 Å². The third-order valence-corrected chi connectivity index (χ3v) is 5.25. The number of anilines is 1. The fourth-order valence-corrected chi connectivity index (χ4v) is 3.56. The average molecular weight is 397 g/mol. The van der Waals surface area contributed by atoms with E-state index in [1.807, 2.05) is 12.1 Å². The van der Waals surface area contributed by atoms with Crippen molar-refractivity contribution in [2.75, 3.05) is 12.4 Å². The van der Waals surface area contributed by atoms with Gasteiger partial charge in [-0.2, -0.15) is 0 Å². The topological polar surface area (TPSA) is 60.5 Å². The van der Waals surface area contributed by atoms with Crippen LogP contribution < -0.4 is 14.8 Å². The Hall–Kier alpha value is -2.86. The van der Waals surface area contributed by atoms with Crippen molar-refractivity contribution in [3.8, 4) is 11.5 Å². The van der Waals surface area contributed by atoms with Gasteiger partial charge in [0.25, 0.3) is 5.91 Å². The predicted octanol–water partition coefficient (Wildman–Crippen LogP) is 4.71. The van der Waals surface area contributed by atoms with Crippen LogP contribution >= 0.6 is 11.3 Å². The molecule has 1 aromatic heterocycles. The highest BCUT2D eigenvalue weighted by Crippen LogP contribution is 2.27. The molecular weight excluding hydrogens is 372 g/mol. The van der Waals surface area contributed by atoms with E-state index in [2.05, 4.69) is 41.5 Å². The first-order valence-electron chi connectivity index (χ1n) is 9.22. The summed E-state index contributed by atoms with van der Waals surface area (Å²) >= 11 is 1.47. The van der Waals surface area contributed by atoms with Gasteiger partial charge in [0.05, 0.1) is 7.11 Å². The van der Waals surface area contributed by atoms with Gasteiger partial charge in [-0.15, -0.1) is 11.3 Å². The Bertz CT molecular complexity index is 922. The number of hydrogen-bond acceptors (Lipinski definition) is 5. The van der Waals surface area contributed by atoms with Crippen LogP contribution in [0.3, 0.4) is 0 Å². The van der Waals surface area contributed by atoms with Crippen LogP contribution in [-0.4, -0.2) is 24.1 Å². The van der Waals surface area contributed by atoms with Crippen molar-refractivity contribution in [1.82, 2.24) is 4.98 Å². The maximum absolute atomic E-state index is 12.4. The highest BCUT2D eigenvalue weighted by molar-refractivity contribution is 7.15. The molecule has 0 aliphatic heterocycles. The monoisotopic (exact) mass is 396 g/mol. The third kappa shape index (κ3) is 5.10. The van der Waals surface area contributed by atoms with E-state index in [0.717, 1.165) is 17.7 Å². The molecule has 0 bridgehead atoms. The average Bonchev–Trinajstić information content (AvgIpc) is 3.15. The van der Waals surface area contributed by atoms with Crippen molar-refractivity contribution in [3.63, 3.8) is 0 Å². The summed E-state index contributed by atoms with van der Waals surface area (Å²) in [4.78, 5) is 17.9. The predicted molar refractivity (Wildman–Crippen MR) is 112 cm³/mol. The number of rotatable bonds is 8. The van der Waals surface area contributed by atoms with Crippen LogP contribution in [-0.2, 0) is 17.6 Å². The zero-order chi connectivity index (χ0) is 19.9. The number of methoxy groups -OCH3 is 1. The molecule has 1 atom stereocenters. The summed E-state index contributed by atoms with van der Waals surface area (Å²) < 4.78 is 11.0. The van der Waals surface area contributed by atoms with Crippen LogP contribution in [0.2, 0.25) is 0 Å². The number of thiazole rings is 1.